The molecule has 2 rings (SSSR count). The summed E-state index contributed by atoms with van der Waals surface area (Å²) >= 11 is 0. The van der Waals surface area contributed by atoms with E-state index in [1.54, 1.807) is 0 Å². The maximum atomic E-state index is 12.0. The molecule has 0 aromatic rings. The SMILES string of the molecule is CCN1CCC(CNC(=O)CC2CCCC(N)C2)C1. The summed E-state index contributed by atoms with van der Waals surface area (Å²) in [4.78, 5) is 14.4. The largest absolute Gasteiger partial charge is 0.356 e. The molecule has 4 nitrogen and oxygen atoms in total. The fraction of sp³-hybridized carbons (Fsp3) is 0.933. The van der Waals surface area contributed by atoms with Crippen LogP contribution in [0.1, 0.15) is 45.4 Å². The van der Waals surface area contributed by atoms with Crippen molar-refractivity contribution in [3.63, 3.8) is 0 Å². The highest BCUT2D eigenvalue weighted by Crippen LogP contribution is 2.25. The Bertz CT molecular complexity index is 295. The van der Waals surface area contributed by atoms with Crippen LogP contribution in [0.15, 0.2) is 0 Å². The summed E-state index contributed by atoms with van der Waals surface area (Å²) in [5.74, 6) is 1.39. The van der Waals surface area contributed by atoms with Gasteiger partial charge in [0.15, 0.2) is 0 Å². The van der Waals surface area contributed by atoms with Gasteiger partial charge in [-0.2, -0.15) is 0 Å². The number of rotatable bonds is 5. The topological polar surface area (TPSA) is 58.4 Å². The highest BCUT2D eigenvalue weighted by molar-refractivity contribution is 5.76. The zero-order valence-electron chi connectivity index (χ0n) is 12.2. The van der Waals surface area contributed by atoms with Crippen molar-refractivity contribution in [3.05, 3.63) is 0 Å². The average Bonchev–Trinajstić information content (AvgIpc) is 2.84. The quantitative estimate of drug-likeness (QED) is 0.790. The Labute approximate surface area is 117 Å². The van der Waals surface area contributed by atoms with Crippen molar-refractivity contribution in [1.29, 1.82) is 0 Å². The second kappa shape index (κ2) is 7.25. The minimum atomic E-state index is 0.231. The molecule has 1 heterocycles. The van der Waals surface area contributed by atoms with Gasteiger partial charge in [0.1, 0.15) is 0 Å². The van der Waals surface area contributed by atoms with Crippen LogP contribution in [0.5, 0.6) is 0 Å². The molecule has 3 N–H and O–H groups in total. The van der Waals surface area contributed by atoms with Crippen LogP contribution in [0.3, 0.4) is 0 Å². The van der Waals surface area contributed by atoms with Crippen LogP contribution in [0, 0.1) is 11.8 Å². The molecule has 0 aromatic carbocycles. The molecule has 1 amide bonds. The Morgan fingerprint density at radius 1 is 1.32 bits per heavy atom. The molecular weight excluding hydrogens is 238 g/mol. The average molecular weight is 267 g/mol. The van der Waals surface area contributed by atoms with Gasteiger partial charge in [0.25, 0.3) is 0 Å². The van der Waals surface area contributed by atoms with Crippen molar-refractivity contribution in [3.8, 4) is 0 Å². The summed E-state index contributed by atoms with van der Waals surface area (Å²) in [7, 11) is 0. The van der Waals surface area contributed by atoms with Crippen LogP contribution in [0.2, 0.25) is 0 Å². The fourth-order valence-corrected chi connectivity index (χ4v) is 3.48. The summed E-state index contributed by atoms with van der Waals surface area (Å²) in [6.07, 6.45) is 6.43. The number of carbonyl (C=O) groups is 1. The van der Waals surface area contributed by atoms with Gasteiger partial charge < -0.3 is 16.0 Å². The smallest absolute Gasteiger partial charge is 0.220 e. The number of amides is 1. The number of nitrogens with zero attached hydrogens (tertiary/aromatic N) is 1. The fourth-order valence-electron chi connectivity index (χ4n) is 3.48. The number of hydrogen-bond acceptors (Lipinski definition) is 3. The minimum Gasteiger partial charge on any atom is -0.356 e. The molecular formula is C15H29N3O. The number of hydrogen-bond donors (Lipinski definition) is 2. The van der Waals surface area contributed by atoms with Gasteiger partial charge in [-0.3, -0.25) is 4.79 Å². The van der Waals surface area contributed by atoms with Crippen LogP contribution in [0.25, 0.3) is 0 Å². The summed E-state index contributed by atoms with van der Waals surface area (Å²) in [5, 5.41) is 3.12. The lowest BCUT2D eigenvalue weighted by molar-refractivity contribution is -0.122. The van der Waals surface area contributed by atoms with Gasteiger partial charge in [-0.15, -0.1) is 0 Å². The minimum absolute atomic E-state index is 0.231. The van der Waals surface area contributed by atoms with E-state index >= 15 is 0 Å². The van der Waals surface area contributed by atoms with Crippen LogP contribution < -0.4 is 11.1 Å². The summed E-state index contributed by atoms with van der Waals surface area (Å²) in [5.41, 5.74) is 5.97. The van der Waals surface area contributed by atoms with E-state index < -0.39 is 0 Å². The molecule has 3 unspecified atom stereocenters. The second-order valence-corrected chi connectivity index (χ2v) is 6.35. The number of nitrogens with one attached hydrogen (secondary N) is 1. The van der Waals surface area contributed by atoms with Gasteiger partial charge in [0.2, 0.25) is 5.91 Å². The molecule has 0 spiro atoms. The molecule has 0 aromatic heterocycles. The number of nitrogens with two attached hydrogens (primary N) is 1. The predicted molar refractivity (Wildman–Crippen MR) is 77.8 cm³/mol. The Morgan fingerprint density at radius 2 is 2.16 bits per heavy atom. The third-order valence-corrected chi connectivity index (χ3v) is 4.70. The molecule has 19 heavy (non-hydrogen) atoms. The van der Waals surface area contributed by atoms with Gasteiger partial charge in [-0.05, 0) is 50.6 Å². The first-order valence-corrected chi connectivity index (χ1v) is 7.92. The van der Waals surface area contributed by atoms with Crippen molar-refractivity contribution in [2.45, 2.75) is 51.5 Å². The number of likely N-dealkylation sites (tertiary alicyclic amines) is 1. The molecule has 2 aliphatic rings. The molecule has 1 aliphatic heterocycles. The van der Waals surface area contributed by atoms with Gasteiger partial charge in [-0.1, -0.05) is 13.3 Å². The Kier molecular flexibility index (Phi) is 5.64. The van der Waals surface area contributed by atoms with Crippen LogP contribution in [0.4, 0.5) is 0 Å². The second-order valence-electron chi connectivity index (χ2n) is 6.35. The normalized spacial score (nSPS) is 32.4. The van der Waals surface area contributed by atoms with E-state index in [1.165, 1.54) is 25.8 Å². The lowest BCUT2D eigenvalue weighted by Gasteiger charge is -2.26. The van der Waals surface area contributed by atoms with E-state index in [4.69, 9.17) is 5.73 Å². The van der Waals surface area contributed by atoms with Gasteiger partial charge in [0.05, 0.1) is 0 Å². The Balaban J connectivity index is 1.62. The molecule has 1 aliphatic carbocycles. The molecule has 4 heteroatoms. The van der Waals surface area contributed by atoms with Crippen molar-refractivity contribution in [1.82, 2.24) is 10.2 Å². The first-order valence-electron chi connectivity index (χ1n) is 7.92. The predicted octanol–water partition coefficient (Wildman–Crippen LogP) is 1.35. The van der Waals surface area contributed by atoms with Gasteiger partial charge >= 0.3 is 0 Å². The van der Waals surface area contributed by atoms with Crippen molar-refractivity contribution >= 4 is 5.91 Å². The third-order valence-electron chi connectivity index (χ3n) is 4.70. The number of carbonyl (C=O) groups excluding carboxylic acids is 1. The van der Waals surface area contributed by atoms with Gasteiger partial charge in [-0.25, -0.2) is 0 Å². The van der Waals surface area contributed by atoms with E-state index in [0.717, 1.165) is 32.5 Å². The van der Waals surface area contributed by atoms with Crippen LogP contribution >= 0.6 is 0 Å². The Morgan fingerprint density at radius 3 is 2.84 bits per heavy atom. The van der Waals surface area contributed by atoms with Crippen molar-refractivity contribution in [2.75, 3.05) is 26.2 Å². The lowest BCUT2D eigenvalue weighted by Crippen LogP contribution is -2.34. The first kappa shape index (κ1) is 14.8. The summed E-state index contributed by atoms with van der Waals surface area (Å²) in [6.45, 7) is 6.52. The van der Waals surface area contributed by atoms with Crippen molar-refractivity contribution in [2.24, 2.45) is 17.6 Å². The first-order chi connectivity index (χ1) is 9.17. The molecule has 3 atom stereocenters. The Hall–Kier alpha value is -0.610. The lowest BCUT2D eigenvalue weighted by atomic mass is 9.84. The van der Waals surface area contributed by atoms with Crippen LogP contribution in [-0.2, 0) is 4.79 Å². The molecule has 2 fully saturated rings. The molecule has 1 saturated heterocycles. The summed E-state index contributed by atoms with van der Waals surface area (Å²) < 4.78 is 0. The highest BCUT2D eigenvalue weighted by atomic mass is 16.1. The zero-order valence-corrected chi connectivity index (χ0v) is 12.2. The maximum Gasteiger partial charge on any atom is 0.220 e. The monoisotopic (exact) mass is 267 g/mol. The molecule has 0 bridgehead atoms. The standard InChI is InChI=1S/C15H29N3O/c1-2-18-7-6-13(11-18)10-17-15(19)9-12-4-3-5-14(16)8-12/h12-14H,2-11,16H2,1H3,(H,17,19). The van der Waals surface area contributed by atoms with E-state index in [9.17, 15) is 4.79 Å². The molecule has 1 saturated carbocycles. The molecule has 110 valence electrons. The third kappa shape index (κ3) is 4.77. The van der Waals surface area contributed by atoms with Gasteiger partial charge in [0, 0.05) is 25.6 Å². The van der Waals surface area contributed by atoms with Crippen molar-refractivity contribution < 1.29 is 4.79 Å². The van der Waals surface area contributed by atoms with E-state index in [2.05, 4.69) is 17.1 Å². The maximum absolute atomic E-state index is 12.0. The summed E-state index contributed by atoms with van der Waals surface area (Å²) in [6, 6.07) is 0.319. The zero-order chi connectivity index (χ0) is 13.7. The van der Waals surface area contributed by atoms with Crippen LogP contribution in [-0.4, -0.2) is 43.0 Å². The van der Waals surface area contributed by atoms with E-state index in [-0.39, 0.29) is 5.91 Å². The molecule has 0 radical (unpaired) electrons. The van der Waals surface area contributed by atoms with E-state index in [1.807, 2.05) is 0 Å². The van der Waals surface area contributed by atoms with E-state index in [0.29, 0.717) is 24.3 Å². The highest BCUT2D eigenvalue weighted by Gasteiger charge is 2.24.